The number of amides is 1. The van der Waals surface area contributed by atoms with Crippen LogP contribution < -0.4 is 11.1 Å². The van der Waals surface area contributed by atoms with E-state index in [0.29, 0.717) is 12.0 Å². The highest BCUT2D eigenvalue weighted by Gasteiger charge is 2.29. The molecular weight excluding hydrogens is 190 g/mol. The molecule has 1 aliphatic rings. The van der Waals surface area contributed by atoms with Gasteiger partial charge in [-0.3, -0.25) is 9.69 Å². The van der Waals surface area contributed by atoms with Crippen LogP contribution in [0.2, 0.25) is 0 Å². The Morgan fingerprint density at radius 2 is 2.33 bits per heavy atom. The lowest BCUT2D eigenvalue weighted by Crippen LogP contribution is -2.53. The largest absolute Gasteiger partial charge is 0.368 e. The number of carbonyl (C=O) groups excluding carboxylic acids is 1. The fourth-order valence-electron chi connectivity index (χ4n) is 2.27. The van der Waals surface area contributed by atoms with Crippen LogP contribution in [0.25, 0.3) is 0 Å². The van der Waals surface area contributed by atoms with Gasteiger partial charge >= 0.3 is 0 Å². The van der Waals surface area contributed by atoms with Gasteiger partial charge in [0.1, 0.15) is 0 Å². The predicted octanol–water partition coefficient (Wildman–Crippen LogP) is 0.180. The van der Waals surface area contributed by atoms with Crippen molar-refractivity contribution in [3.63, 3.8) is 0 Å². The Morgan fingerprint density at radius 3 is 2.80 bits per heavy atom. The SMILES string of the molecule is CCNC1CCN(C(C)C(N)=O)CC1C. The lowest BCUT2D eigenvalue weighted by molar-refractivity contribution is -0.123. The van der Waals surface area contributed by atoms with Crippen molar-refractivity contribution in [3.05, 3.63) is 0 Å². The molecule has 0 aromatic rings. The van der Waals surface area contributed by atoms with E-state index in [1.165, 1.54) is 0 Å². The smallest absolute Gasteiger partial charge is 0.234 e. The fourth-order valence-corrected chi connectivity index (χ4v) is 2.27. The van der Waals surface area contributed by atoms with Gasteiger partial charge < -0.3 is 11.1 Å². The summed E-state index contributed by atoms with van der Waals surface area (Å²) in [7, 11) is 0. The van der Waals surface area contributed by atoms with Crippen molar-refractivity contribution in [3.8, 4) is 0 Å². The molecule has 4 heteroatoms. The minimum Gasteiger partial charge on any atom is -0.368 e. The summed E-state index contributed by atoms with van der Waals surface area (Å²) in [6, 6.07) is 0.460. The molecule has 4 nitrogen and oxygen atoms in total. The summed E-state index contributed by atoms with van der Waals surface area (Å²) in [5, 5.41) is 3.48. The summed E-state index contributed by atoms with van der Waals surface area (Å²) < 4.78 is 0. The summed E-state index contributed by atoms with van der Waals surface area (Å²) in [5.41, 5.74) is 5.31. The second-order valence-corrected chi connectivity index (χ2v) is 4.50. The number of nitrogens with two attached hydrogens (primary N) is 1. The molecule has 0 radical (unpaired) electrons. The van der Waals surface area contributed by atoms with E-state index in [1.807, 2.05) is 6.92 Å². The Morgan fingerprint density at radius 1 is 1.67 bits per heavy atom. The molecule has 0 spiro atoms. The summed E-state index contributed by atoms with van der Waals surface area (Å²) >= 11 is 0. The third-order valence-electron chi connectivity index (χ3n) is 3.36. The summed E-state index contributed by atoms with van der Waals surface area (Å²) in [4.78, 5) is 13.3. The van der Waals surface area contributed by atoms with Gasteiger partial charge in [0.15, 0.2) is 0 Å². The van der Waals surface area contributed by atoms with E-state index >= 15 is 0 Å². The Bertz CT molecular complexity index is 220. The Balaban J connectivity index is 2.46. The van der Waals surface area contributed by atoms with E-state index < -0.39 is 0 Å². The maximum absolute atomic E-state index is 11.1. The van der Waals surface area contributed by atoms with Crippen molar-refractivity contribution >= 4 is 5.91 Å². The highest BCUT2D eigenvalue weighted by atomic mass is 16.1. The first kappa shape index (κ1) is 12.5. The summed E-state index contributed by atoms with van der Waals surface area (Å²) in [6.07, 6.45) is 1.10. The highest BCUT2D eigenvalue weighted by Crippen LogP contribution is 2.18. The third kappa shape index (κ3) is 3.18. The highest BCUT2D eigenvalue weighted by molar-refractivity contribution is 5.79. The van der Waals surface area contributed by atoms with Crippen LogP contribution >= 0.6 is 0 Å². The molecule has 0 bridgehead atoms. The number of piperidine rings is 1. The van der Waals surface area contributed by atoms with E-state index in [2.05, 4.69) is 24.1 Å². The molecule has 1 heterocycles. The molecule has 0 saturated carbocycles. The molecule has 0 aromatic heterocycles. The molecular formula is C11H23N3O. The number of nitrogens with zero attached hydrogens (tertiary/aromatic N) is 1. The second kappa shape index (κ2) is 5.47. The van der Waals surface area contributed by atoms with E-state index in [1.54, 1.807) is 0 Å². The van der Waals surface area contributed by atoms with Gasteiger partial charge in [-0.05, 0) is 25.8 Å². The zero-order valence-corrected chi connectivity index (χ0v) is 9.99. The van der Waals surface area contributed by atoms with Crippen molar-refractivity contribution in [1.29, 1.82) is 0 Å². The zero-order valence-electron chi connectivity index (χ0n) is 9.99. The molecule has 3 atom stereocenters. The lowest BCUT2D eigenvalue weighted by atomic mass is 9.93. The minimum absolute atomic E-state index is 0.130. The monoisotopic (exact) mass is 213 g/mol. The van der Waals surface area contributed by atoms with Gasteiger partial charge in [0.2, 0.25) is 5.91 Å². The summed E-state index contributed by atoms with van der Waals surface area (Å²) in [6.45, 7) is 9.19. The van der Waals surface area contributed by atoms with E-state index in [-0.39, 0.29) is 11.9 Å². The molecule has 1 aliphatic heterocycles. The standard InChI is InChI=1S/C11H23N3O/c1-4-13-10-5-6-14(7-8(10)2)9(3)11(12)15/h8-10,13H,4-7H2,1-3H3,(H2,12,15). The maximum atomic E-state index is 11.1. The molecule has 1 saturated heterocycles. The van der Waals surface area contributed by atoms with Crippen molar-refractivity contribution in [1.82, 2.24) is 10.2 Å². The maximum Gasteiger partial charge on any atom is 0.234 e. The second-order valence-electron chi connectivity index (χ2n) is 4.50. The molecule has 88 valence electrons. The van der Waals surface area contributed by atoms with Crippen LogP contribution in [0.15, 0.2) is 0 Å². The van der Waals surface area contributed by atoms with Crippen molar-refractivity contribution in [2.45, 2.75) is 39.3 Å². The number of carbonyl (C=O) groups is 1. The van der Waals surface area contributed by atoms with Crippen LogP contribution in [0, 0.1) is 5.92 Å². The number of rotatable bonds is 4. The Kier molecular flexibility index (Phi) is 4.54. The van der Waals surface area contributed by atoms with E-state index in [9.17, 15) is 4.79 Å². The number of primary amides is 1. The number of nitrogens with one attached hydrogen (secondary N) is 1. The lowest BCUT2D eigenvalue weighted by Gasteiger charge is -2.39. The van der Waals surface area contributed by atoms with Crippen molar-refractivity contribution in [2.75, 3.05) is 19.6 Å². The van der Waals surface area contributed by atoms with Crippen LogP contribution in [0.3, 0.4) is 0 Å². The summed E-state index contributed by atoms with van der Waals surface area (Å²) in [5.74, 6) is 0.365. The van der Waals surface area contributed by atoms with Gasteiger partial charge in [-0.2, -0.15) is 0 Å². The average molecular weight is 213 g/mol. The first-order chi connectivity index (χ1) is 7.06. The molecule has 1 rings (SSSR count). The Labute approximate surface area is 92.2 Å². The van der Waals surface area contributed by atoms with Crippen molar-refractivity contribution in [2.24, 2.45) is 11.7 Å². The topological polar surface area (TPSA) is 58.4 Å². The normalized spacial score (nSPS) is 30.1. The van der Waals surface area contributed by atoms with Gasteiger partial charge in [-0.1, -0.05) is 13.8 Å². The number of hydrogen-bond donors (Lipinski definition) is 2. The molecule has 1 fully saturated rings. The van der Waals surface area contributed by atoms with Gasteiger partial charge in [-0.15, -0.1) is 0 Å². The molecule has 15 heavy (non-hydrogen) atoms. The third-order valence-corrected chi connectivity index (χ3v) is 3.36. The molecule has 0 aliphatic carbocycles. The quantitative estimate of drug-likeness (QED) is 0.700. The van der Waals surface area contributed by atoms with Crippen LogP contribution in [-0.2, 0) is 4.79 Å². The first-order valence-electron chi connectivity index (χ1n) is 5.83. The molecule has 1 amide bonds. The van der Waals surface area contributed by atoms with Gasteiger partial charge in [0.25, 0.3) is 0 Å². The van der Waals surface area contributed by atoms with E-state index in [0.717, 1.165) is 26.1 Å². The molecule has 0 aromatic carbocycles. The van der Waals surface area contributed by atoms with Crippen LogP contribution in [0.5, 0.6) is 0 Å². The minimum atomic E-state index is -0.218. The van der Waals surface area contributed by atoms with Gasteiger partial charge in [0, 0.05) is 19.1 Å². The van der Waals surface area contributed by atoms with Crippen LogP contribution in [0.4, 0.5) is 0 Å². The van der Waals surface area contributed by atoms with E-state index in [4.69, 9.17) is 5.73 Å². The molecule has 3 N–H and O–H groups in total. The van der Waals surface area contributed by atoms with Gasteiger partial charge in [0.05, 0.1) is 6.04 Å². The first-order valence-corrected chi connectivity index (χ1v) is 5.83. The number of hydrogen-bond acceptors (Lipinski definition) is 3. The number of likely N-dealkylation sites (tertiary alicyclic amines) is 1. The van der Waals surface area contributed by atoms with Crippen LogP contribution in [-0.4, -0.2) is 42.5 Å². The van der Waals surface area contributed by atoms with Crippen LogP contribution in [0.1, 0.15) is 27.2 Å². The average Bonchev–Trinajstić information content (AvgIpc) is 2.20. The Hall–Kier alpha value is -0.610. The van der Waals surface area contributed by atoms with Crippen molar-refractivity contribution < 1.29 is 4.79 Å². The molecule has 3 unspecified atom stereocenters. The fraction of sp³-hybridized carbons (Fsp3) is 0.909. The van der Waals surface area contributed by atoms with Gasteiger partial charge in [-0.25, -0.2) is 0 Å². The zero-order chi connectivity index (χ0) is 11.4. The predicted molar refractivity (Wildman–Crippen MR) is 61.5 cm³/mol.